The van der Waals surface area contributed by atoms with E-state index in [-0.39, 0.29) is 19.4 Å². The van der Waals surface area contributed by atoms with Crippen LogP contribution in [0.5, 0.6) is 0 Å². The van der Waals surface area contributed by atoms with Crippen LogP contribution in [-0.4, -0.2) is 58.8 Å². The topological polar surface area (TPSA) is 60.9 Å². The molecule has 120 valence electrons. The first-order chi connectivity index (χ1) is 9.79. The normalized spacial score (nSPS) is 27.0. The third kappa shape index (κ3) is 3.79. The minimum atomic E-state index is -4.29. The number of aliphatic carboxylic acids is 1. The Kier molecular flexibility index (Phi) is 4.63. The zero-order valence-corrected chi connectivity index (χ0v) is 11.6. The molecular weight excluding hydrogens is 289 g/mol. The Hall–Kier alpha value is -1.47. The van der Waals surface area contributed by atoms with Gasteiger partial charge in [-0.05, 0) is 25.7 Å². The Labute approximate surface area is 120 Å². The summed E-state index contributed by atoms with van der Waals surface area (Å²) in [5.74, 6) is -2.47. The van der Waals surface area contributed by atoms with Gasteiger partial charge in [-0.2, -0.15) is 13.2 Å². The lowest BCUT2D eigenvalue weighted by atomic mass is 9.98. The molecule has 2 amide bonds. The third-order valence-electron chi connectivity index (χ3n) is 4.19. The maximum absolute atomic E-state index is 12.8. The predicted molar refractivity (Wildman–Crippen MR) is 67.7 cm³/mol. The molecule has 0 aromatic carbocycles. The smallest absolute Gasteiger partial charge is 0.393 e. The van der Waals surface area contributed by atoms with Crippen molar-refractivity contribution in [2.24, 2.45) is 5.92 Å². The molecule has 8 heteroatoms. The highest BCUT2D eigenvalue weighted by molar-refractivity contribution is 5.76. The van der Waals surface area contributed by atoms with Gasteiger partial charge in [0, 0.05) is 25.7 Å². The van der Waals surface area contributed by atoms with Gasteiger partial charge in [-0.3, -0.25) is 4.79 Å². The first-order valence-electron chi connectivity index (χ1n) is 7.13. The highest BCUT2D eigenvalue weighted by atomic mass is 19.4. The van der Waals surface area contributed by atoms with Crippen LogP contribution in [0.1, 0.15) is 32.1 Å². The van der Waals surface area contributed by atoms with E-state index < -0.39 is 30.1 Å². The Morgan fingerprint density at radius 1 is 1.14 bits per heavy atom. The fraction of sp³-hybridized carbons (Fsp3) is 0.846. The van der Waals surface area contributed by atoms with Crippen LogP contribution in [0, 0.1) is 5.92 Å². The summed E-state index contributed by atoms with van der Waals surface area (Å²) in [4.78, 5) is 25.8. The molecule has 21 heavy (non-hydrogen) atoms. The number of likely N-dealkylation sites (tertiary alicyclic amines) is 2. The molecular formula is C13H19F3N2O3. The van der Waals surface area contributed by atoms with Gasteiger partial charge in [0.2, 0.25) is 0 Å². The molecule has 0 aliphatic carbocycles. The van der Waals surface area contributed by atoms with Crippen LogP contribution in [0.3, 0.4) is 0 Å². The van der Waals surface area contributed by atoms with Crippen molar-refractivity contribution in [3.63, 3.8) is 0 Å². The molecule has 0 aromatic rings. The summed E-state index contributed by atoms with van der Waals surface area (Å²) >= 11 is 0. The number of halogens is 3. The van der Waals surface area contributed by atoms with Gasteiger partial charge in [-0.1, -0.05) is 0 Å². The second kappa shape index (κ2) is 6.11. The van der Waals surface area contributed by atoms with Crippen LogP contribution in [0.4, 0.5) is 18.0 Å². The van der Waals surface area contributed by atoms with Crippen LogP contribution in [-0.2, 0) is 4.79 Å². The Balaban J connectivity index is 2.00. The summed E-state index contributed by atoms with van der Waals surface area (Å²) in [5, 5.41) is 8.83. The minimum absolute atomic E-state index is 0.0475. The monoisotopic (exact) mass is 308 g/mol. The molecule has 0 radical (unpaired) electrons. The number of piperidine rings is 1. The van der Waals surface area contributed by atoms with Crippen LogP contribution < -0.4 is 0 Å². The fourth-order valence-electron chi connectivity index (χ4n) is 3.10. The number of carbonyl (C=O) groups is 2. The van der Waals surface area contributed by atoms with E-state index in [1.54, 1.807) is 0 Å². The zero-order valence-electron chi connectivity index (χ0n) is 11.6. The average molecular weight is 308 g/mol. The predicted octanol–water partition coefficient (Wildman–Crippen LogP) is 2.32. The largest absolute Gasteiger partial charge is 0.481 e. The lowest BCUT2D eigenvalue weighted by Gasteiger charge is -2.37. The second-order valence-corrected chi connectivity index (χ2v) is 5.70. The molecule has 0 bridgehead atoms. The summed E-state index contributed by atoms with van der Waals surface area (Å²) in [6, 6.07) is -0.853. The van der Waals surface area contributed by atoms with Gasteiger partial charge in [0.15, 0.2) is 0 Å². The van der Waals surface area contributed by atoms with E-state index in [1.807, 2.05) is 0 Å². The van der Waals surface area contributed by atoms with Crippen molar-refractivity contribution in [3.05, 3.63) is 0 Å². The Morgan fingerprint density at radius 3 is 2.43 bits per heavy atom. The van der Waals surface area contributed by atoms with Gasteiger partial charge < -0.3 is 14.9 Å². The third-order valence-corrected chi connectivity index (χ3v) is 4.19. The maximum Gasteiger partial charge on any atom is 0.393 e. The van der Waals surface area contributed by atoms with E-state index in [9.17, 15) is 22.8 Å². The highest BCUT2D eigenvalue weighted by Gasteiger charge is 2.44. The quantitative estimate of drug-likeness (QED) is 0.851. The molecule has 5 nitrogen and oxygen atoms in total. The molecule has 2 aliphatic heterocycles. The number of carboxylic acid groups (broad SMARTS) is 1. The first-order valence-corrected chi connectivity index (χ1v) is 7.13. The van der Waals surface area contributed by atoms with E-state index in [4.69, 9.17) is 5.11 Å². The molecule has 1 N–H and O–H groups in total. The minimum Gasteiger partial charge on any atom is -0.481 e. The number of alkyl halides is 3. The standard InChI is InChI=1S/C13H19F3N2O3/c14-13(15,16)9-3-1-5-17(8-9)12(21)18-6-2-4-10(18)7-11(19)20/h9-10H,1-8H2,(H,19,20). The Morgan fingerprint density at radius 2 is 1.81 bits per heavy atom. The van der Waals surface area contributed by atoms with Gasteiger partial charge in [-0.25, -0.2) is 4.79 Å². The average Bonchev–Trinajstić information content (AvgIpc) is 2.84. The summed E-state index contributed by atoms with van der Waals surface area (Å²) in [5.41, 5.74) is 0. The molecule has 2 unspecified atom stereocenters. The van der Waals surface area contributed by atoms with Gasteiger partial charge in [0.05, 0.1) is 12.3 Å². The molecule has 0 saturated carbocycles. The number of hydrogen-bond donors (Lipinski definition) is 1. The molecule has 2 heterocycles. The molecule has 0 spiro atoms. The van der Waals surface area contributed by atoms with E-state index >= 15 is 0 Å². The second-order valence-electron chi connectivity index (χ2n) is 5.70. The van der Waals surface area contributed by atoms with Gasteiger partial charge in [-0.15, -0.1) is 0 Å². The number of hydrogen-bond acceptors (Lipinski definition) is 2. The van der Waals surface area contributed by atoms with Crippen molar-refractivity contribution in [2.75, 3.05) is 19.6 Å². The summed E-state index contributed by atoms with van der Waals surface area (Å²) in [6.45, 7) is 0.407. The van der Waals surface area contributed by atoms with Crippen LogP contribution in [0.15, 0.2) is 0 Å². The molecule has 2 rings (SSSR count). The Bertz CT molecular complexity index is 414. The zero-order chi connectivity index (χ0) is 15.6. The molecule has 2 fully saturated rings. The van der Waals surface area contributed by atoms with Crippen LogP contribution in [0.2, 0.25) is 0 Å². The number of nitrogens with zero attached hydrogens (tertiary/aromatic N) is 2. The number of urea groups is 1. The van der Waals surface area contributed by atoms with Crippen molar-refractivity contribution in [1.29, 1.82) is 0 Å². The maximum atomic E-state index is 12.8. The van der Waals surface area contributed by atoms with Crippen molar-refractivity contribution in [1.82, 2.24) is 9.80 Å². The molecule has 2 saturated heterocycles. The van der Waals surface area contributed by atoms with E-state index in [0.717, 1.165) is 0 Å². The molecule has 2 aliphatic rings. The van der Waals surface area contributed by atoms with E-state index in [2.05, 4.69) is 0 Å². The summed E-state index contributed by atoms with van der Waals surface area (Å²) < 4.78 is 38.3. The van der Waals surface area contributed by atoms with Crippen molar-refractivity contribution < 1.29 is 27.9 Å². The highest BCUT2D eigenvalue weighted by Crippen LogP contribution is 2.34. The van der Waals surface area contributed by atoms with Crippen molar-refractivity contribution in [2.45, 2.75) is 44.3 Å². The van der Waals surface area contributed by atoms with E-state index in [0.29, 0.717) is 32.4 Å². The number of amides is 2. The first kappa shape index (κ1) is 15.9. The number of carbonyl (C=O) groups excluding carboxylic acids is 1. The van der Waals surface area contributed by atoms with Crippen LogP contribution >= 0.6 is 0 Å². The lowest BCUT2D eigenvalue weighted by Crippen LogP contribution is -2.51. The fourth-order valence-corrected chi connectivity index (χ4v) is 3.10. The van der Waals surface area contributed by atoms with Gasteiger partial charge >= 0.3 is 18.2 Å². The van der Waals surface area contributed by atoms with Gasteiger partial charge in [0.1, 0.15) is 0 Å². The lowest BCUT2D eigenvalue weighted by molar-refractivity contribution is -0.184. The van der Waals surface area contributed by atoms with Crippen LogP contribution in [0.25, 0.3) is 0 Å². The number of rotatable bonds is 2. The van der Waals surface area contributed by atoms with Crippen molar-refractivity contribution >= 4 is 12.0 Å². The SMILES string of the molecule is O=C(O)CC1CCCN1C(=O)N1CCCC(C(F)(F)F)C1. The molecule has 2 atom stereocenters. The number of carboxylic acids is 1. The van der Waals surface area contributed by atoms with E-state index in [1.165, 1.54) is 9.80 Å². The van der Waals surface area contributed by atoms with Crippen molar-refractivity contribution in [3.8, 4) is 0 Å². The summed E-state index contributed by atoms with van der Waals surface area (Å²) in [6.07, 6.45) is -2.78. The molecule has 0 aromatic heterocycles. The summed E-state index contributed by atoms with van der Waals surface area (Å²) in [7, 11) is 0. The van der Waals surface area contributed by atoms with Gasteiger partial charge in [0.25, 0.3) is 0 Å².